The van der Waals surface area contributed by atoms with Crippen LogP contribution in [-0.2, 0) is 11.3 Å². The second-order valence-electron chi connectivity index (χ2n) is 8.83. The standard InChI is InChI=1S/C22H28N6O3S/c1-13(29)26-14-9-16-17(31-12-30-16)10-18(14)32-21-27-19-15(5-6-25-20(19)23)28(21)8-7-24-11-22(2,3)4/h5-6,9-10,24H,7-8,11-12H2,1-4H3,(H2,23,25)(H,26,29). The quantitative estimate of drug-likeness (QED) is 0.463. The Bertz CT molecular complexity index is 1150. The molecule has 0 bridgehead atoms. The molecule has 32 heavy (non-hydrogen) atoms. The Morgan fingerprint density at radius 2 is 2.03 bits per heavy atom. The number of nitrogen functional groups attached to an aromatic ring is 1. The average Bonchev–Trinajstić information content (AvgIpc) is 3.29. The first-order chi connectivity index (χ1) is 15.2. The van der Waals surface area contributed by atoms with Crippen molar-refractivity contribution in [2.75, 3.05) is 30.9 Å². The molecule has 0 unspecified atom stereocenters. The summed E-state index contributed by atoms with van der Waals surface area (Å²) in [5.74, 6) is 1.46. The Morgan fingerprint density at radius 1 is 1.28 bits per heavy atom. The third kappa shape index (κ3) is 4.91. The van der Waals surface area contributed by atoms with Gasteiger partial charge in [-0.05, 0) is 23.2 Å². The predicted octanol–water partition coefficient (Wildman–Crippen LogP) is 3.49. The van der Waals surface area contributed by atoms with Gasteiger partial charge in [0.2, 0.25) is 12.7 Å². The van der Waals surface area contributed by atoms with Gasteiger partial charge < -0.3 is 30.4 Å². The van der Waals surface area contributed by atoms with E-state index in [1.54, 1.807) is 12.3 Å². The third-order valence-electron chi connectivity index (χ3n) is 4.81. The lowest BCUT2D eigenvalue weighted by Crippen LogP contribution is -2.29. The van der Waals surface area contributed by atoms with Gasteiger partial charge in [0.15, 0.2) is 22.5 Å². The third-order valence-corrected chi connectivity index (χ3v) is 5.87. The number of pyridine rings is 1. The molecule has 0 fully saturated rings. The predicted molar refractivity (Wildman–Crippen MR) is 125 cm³/mol. The lowest BCUT2D eigenvalue weighted by Gasteiger charge is -2.19. The molecule has 0 saturated heterocycles. The minimum Gasteiger partial charge on any atom is -0.454 e. The van der Waals surface area contributed by atoms with Crippen molar-refractivity contribution < 1.29 is 14.3 Å². The fraction of sp³-hybridized carbons (Fsp3) is 0.409. The number of hydrogen-bond acceptors (Lipinski definition) is 8. The van der Waals surface area contributed by atoms with Crippen LogP contribution < -0.4 is 25.8 Å². The van der Waals surface area contributed by atoms with Crippen LogP contribution in [0.25, 0.3) is 11.0 Å². The summed E-state index contributed by atoms with van der Waals surface area (Å²) in [4.78, 5) is 21.5. The first-order valence-electron chi connectivity index (χ1n) is 10.4. The second kappa shape index (κ2) is 8.87. The number of rotatable bonds is 7. The fourth-order valence-electron chi connectivity index (χ4n) is 3.39. The number of nitrogens with zero attached hydrogens (tertiary/aromatic N) is 3. The molecular weight excluding hydrogens is 428 g/mol. The Morgan fingerprint density at radius 3 is 2.75 bits per heavy atom. The molecule has 0 spiro atoms. The normalized spacial score (nSPS) is 13.0. The average molecular weight is 457 g/mol. The Hall–Kier alpha value is -2.98. The minimum absolute atomic E-state index is 0.156. The molecule has 170 valence electrons. The first kappa shape index (κ1) is 22.2. The van der Waals surface area contributed by atoms with Gasteiger partial charge >= 0.3 is 0 Å². The van der Waals surface area contributed by atoms with Gasteiger partial charge in [-0.2, -0.15) is 0 Å². The zero-order chi connectivity index (χ0) is 22.9. The number of hydrogen-bond donors (Lipinski definition) is 3. The molecule has 2 aromatic heterocycles. The van der Waals surface area contributed by atoms with E-state index in [9.17, 15) is 4.79 Å². The van der Waals surface area contributed by atoms with Crippen LogP contribution in [0.3, 0.4) is 0 Å². The van der Waals surface area contributed by atoms with Gasteiger partial charge in [0, 0.05) is 49.8 Å². The van der Waals surface area contributed by atoms with Crippen LogP contribution in [0.5, 0.6) is 11.5 Å². The highest BCUT2D eigenvalue weighted by Gasteiger charge is 2.21. The summed E-state index contributed by atoms with van der Waals surface area (Å²) < 4.78 is 13.1. The first-order valence-corrected chi connectivity index (χ1v) is 11.2. The van der Waals surface area contributed by atoms with Gasteiger partial charge in [-0.15, -0.1) is 0 Å². The van der Waals surface area contributed by atoms with E-state index in [0.717, 1.165) is 28.7 Å². The second-order valence-corrected chi connectivity index (χ2v) is 9.84. The van der Waals surface area contributed by atoms with E-state index in [-0.39, 0.29) is 18.1 Å². The molecule has 9 nitrogen and oxygen atoms in total. The van der Waals surface area contributed by atoms with Crippen molar-refractivity contribution in [2.24, 2.45) is 5.41 Å². The molecule has 0 saturated carbocycles. The molecule has 0 aliphatic carbocycles. The lowest BCUT2D eigenvalue weighted by molar-refractivity contribution is -0.114. The maximum atomic E-state index is 11.8. The molecule has 3 heterocycles. The zero-order valence-corrected chi connectivity index (χ0v) is 19.5. The van der Waals surface area contributed by atoms with Crippen LogP contribution in [0.15, 0.2) is 34.4 Å². The number of carbonyl (C=O) groups is 1. The van der Waals surface area contributed by atoms with Gasteiger partial charge in [0.1, 0.15) is 5.52 Å². The van der Waals surface area contributed by atoms with Crippen LogP contribution in [-0.4, -0.2) is 40.3 Å². The summed E-state index contributed by atoms with van der Waals surface area (Å²) >= 11 is 1.44. The van der Waals surface area contributed by atoms with Crippen molar-refractivity contribution in [3.63, 3.8) is 0 Å². The van der Waals surface area contributed by atoms with Crippen molar-refractivity contribution in [2.45, 2.75) is 44.3 Å². The van der Waals surface area contributed by atoms with Crippen molar-refractivity contribution >= 4 is 40.2 Å². The number of benzene rings is 1. The molecule has 0 atom stereocenters. The van der Waals surface area contributed by atoms with Gasteiger partial charge in [0.05, 0.1) is 11.2 Å². The van der Waals surface area contributed by atoms with E-state index in [4.69, 9.17) is 20.2 Å². The zero-order valence-electron chi connectivity index (χ0n) is 18.7. The van der Waals surface area contributed by atoms with Crippen molar-refractivity contribution in [1.82, 2.24) is 19.9 Å². The van der Waals surface area contributed by atoms with Crippen LogP contribution >= 0.6 is 11.8 Å². The summed E-state index contributed by atoms with van der Waals surface area (Å²) in [5, 5.41) is 7.13. The summed E-state index contributed by atoms with van der Waals surface area (Å²) in [6.45, 7) is 10.6. The highest BCUT2D eigenvalue weighted by atomic mass is 32.2. The topological polar surface area (TPSA) is 116 Å². The van der Waals surface area contributed by atoms with Gasteiger partial charge in [-0.3, -0.25) is 4.79 Å². The van der Waals surface area contributed by atoms with Crippen LogP contribution in [0.4, 0.5) is 11.5 Å². The maximum absolute atomic E-state index is 11.8. The molecule has 10 heteroatoms. The van der Waals surface area contributed by atoms with E-state index >= 15 is 0 Å². The molecule has 0 radical (unpaired) electrons. The lowest BCUT2D eigenvalue weighted by atomic mass is 9.97. The molecular formula is C22H28N6O3S. The summed E-state index contributed by atoms with van der Waals surface area (Å²) in [6.07, 6.45) is 1.69. The number of nitrogens with two attached hydrogens (primary N) is 1. The van der Waals surface area contributed by atoms with Crippen molar-refractivity contribution in [3.05, 3.63) is 24.4 Å². The van der Waals surface area contributed by atoms with Crippen LogP contribution in [0.1, 0.15) is 27.7 Å². The largest absolute Gasteiger partial charge is 0.454 e. The molecule has 1 aromatic carbocycles. The van der Waals surface area contributed by atoms with Gasteiger partial charge in [0.25, 0.3) is 0 Å². The number of aromatic nitrogens is 3. The summed E-state index contributed by atoms with van der Waals surface area (Å²) in [7, 11) is 0. The van der Waals surface area contributed by atoms with E-state index in [1.807, 2.05) is 12.1 Å². The monoisotopic (exact) mass is 456 g/mol. The van der Waals surface area contributed by atoms with Crippen molar-refractivity contribution in [3.8, 4) is 11.5 Å². The fourth-order valence-corrected chi connectivity index (χ4v) is 4.41. The highest BCUT2D eigenvalue weighted by molar-refractivity contribution is 7.99. The molecule has 1 amide bonds. The summed E-state index contributed by atoms with van der Waals surface area (Å²) in [6, 6.07) is 5.56. The number of ether oxygens (including phenoxy) is 2. The van der Waals surface area contributed by atoms with Gasteiger partial charge in [-0.25, -0.2) is 9.97 Å². The number of imidazole rings is 1. The molecule has 4 rings (SSSR count). The highest BCUT2D eigenvalue weighted by Crippen LogP contribution is 2.43. The number of carbonyl (C=O) groups excluding carboxylic acids is 1. The maximum Gasteiger partial charge on any atom is 0.231 e. The molecule has 3 aromatic rings. The SMILES string of the molecule is CC(=O)Nc1cc2c(cc1Sc1nc3c(N)nccc3n1CCNCC(C)(C)C)OCO2. The van der Waals surface area contributed by atoms with E-state index in [2.05, 4.69) is 41.0 Å². The minimum atomic E-state index is -0.168. The smallest absolute Gasteiger partial charge is 0.231 e. The molecule has 1 aliphatic rings. The molecule has 4 N–H and O–H groups in total. The van der Waals surface area contributed by atoms with E-state index in [1.165, 1.54) is 18.7 Å². The van der Waals surface area contributed by atoms with Gasteiger partial charge in [-0.1, -0.05) is 20.8 Å². The summed E-state index contributed by atoms with van der Waals surface area (Å²) in [5.41, 5.74) is 8.52. The Labute approximate surface area is 191 Å². The van der Waals surface area contributed by atoms with Crippen molar-refractivity contribution in [1.29, 1.82) is 0 Å². The Kier molecular flexibility index (Phi) is 6.16. The van der Waals surface area contributed by atoms with E-state index in [0.29, 0.717) is 35.1 Å². The number of nitrogens with one attached hydrogen (secondary N) is 2. The Balaban J connectivity index is 1.68. The molecule has 1 aliphatic heterocycles. The van der Waals surface area contributed by atoms with E-state index < -0.39 is 0 Å². The van der Waals surface area contributed by atoms with Crippen LogP contribution in [0.2, 0.25) is 0 Å². The number of fused-ring (bicyclic) bond motifs is 2. The number of amides is 1. The van der Waals surface area contributed by atoms with Crippen LogP contribution in [0, 0.1) is 5.41 Å². The number of anilines is 2.